The lowest BCUT2D eigenvalue weighted by Crippen LogP contribution is -2.29. The number of carbonyl (C=O) groups is 1. The molecule has 5 heteroatoms. The van der Waals surface area contributed by atoms with Crippen LogP contribution >= 0.6 is 0 Å². The fourth-order valence-corrected chi connectivity index (χ4v) is 5.82. The van der Waals surface area contributed by atoms with Crippen molar-refractivity contribution in [2.24, 2.45) is 17.3 Å². The van der Waals surface area contributed by atoms with E-state index in [0.717, 1.165) is 79.3 Å². The van der Waals surface area contributed by atoms with Crippen molar-refractivity contribution < 1.29 is 4.79 Å². The number of H-pyrrole nitrogens is 2. The molecule has 2 heterocycles. The zero-order valence-corrected chi connectivity index (χ0v) is 21.7. The number of carbonyl (C=O) groups excluding carboxylic acids is 1. The van der Waals surface area contributed by atoms with Crippen molar-refractivity contribution in [2.45, 2.75) is 92.4 Å². The number of amides is 1. The number of anilines is 1. The van der Waals surface area contributed by atoms with Crippen LogP contribution in [0.5, 0.6) is 0 Å². The van der Waals surface area contributed by atoms with Crippen LogP contribution in [0.2, 0.25) is 0 Å². The van der Waals surface area contributed by atoms with Crippen molar-refractivity contribution in [2.75, 3.05) is 5.32 Å². The fourth-order valence-electron chi connectivity index (χ4n) is 5.82. The van der Waals surface area contributed by atoms with Crippen LogP contribution < -0.4 is 5.32 Å². The van der Waals surface area contributed by atoms with E-state index in [1.165, 1.54) is 17.7 Å². The predicted molar refractivity (Wildman–Crippen MR) is 142 cm³/mol. The zero-order chi connectivity index (χ0) is 24.3. The average molecular weight is 463 g/mol. The molecule has 0 saturated carbocycles. The van der Waals surface area contributed by atoms with E-state index < -0.39 is 0 Å². The second kappa shape index (κ2) is 10.4. The Morgan fingerprint density at radius 2 is 1.82 bits per heavy atom. The molecule has 1 amide bonds. The third kappa shape index (κ3) is 5.24. The molecule has 1 aliphatic carbocycles. The maximum Gasteiger partial charge on any atom is 0.227 e. The Hall–Kier alpha value is -2.56. The second-order valence-electron chi connectivity index (χ2n) is 11.1. The van der Waals surface area contributed by atoms with Crippen LogP contribution in [0.25, 0.3) is 22.3 Å². The molecule has 184 valence electrons. The maximum absolute atomic E-state index is 13.3. The number of nitrogens with one attached hydrogen (secondary N) is 3. The summed E-state index contributed by atoms with van der Waals surface area (Å²) >= 11 is 0. The summed E-state index contributed by atoms with van der Waals surface area (Å²) in [5.74, 6) is 0.718. The predicted octanol–water partition coefficient (Wildman–Crippen LogP) is 7.64. The van der Waals surface area contributed by atoms with Crippen molar-refractivity contribution in [3.8, 4) is 11.4 Å². The Labute approximate surface area is 204 Å². The molecule has 2 aromatic heterocycles. The molecule has 0 spiro atoms. The van der Waals surface area contributed by atoms with Gasteiger partial charge >= 0.3 is 0 Å². The minimum Gasteiger partial charge on any atom is -0.353 e. The van der Waals surface area contributed by atoms with Gasteiger partial charge in [-0.3, -0.25) is 9.89 Å². The Morgan fingerprint density at radius 1 is 1.09 bits per heavy atom. The van der Waals surface area contributed by atoms with Crippen molar-refractivity contribution in [1.82, 2.24) is 15.2 Å². The molecule has 1 atom stereocenters. The topological polar surface area (TPSA) is 73.6 Å². The van der Waals surface area contributed by atoms with Crippen LogP contribution in [0.15, 0.2) is 24.3 Å². The van der Waals surface area contributed by atoms with Gasteiger partial charge in [0.05, 0.1) is 5.69 Å². The lowest BCUT2D eigenvalue weighted by atomic mass is 9.76. The minimum atomic E-state index is 0.0830. The van der Waals surface area contributed by atoms with Crippen molar-refractivity contribution >= 4 is 22.5 Å². The molecule has 1 aromatic carbocycles. The highest BCUT2D eigenvalue weighted by atomic mass is 16.1. The highest BCUT2D eigenvalue weighted by Gasteiger charge is 2.30. The highest BCUT2D eigenvalue weighted by molar-refractivity contribution is 5.96. The molecule has 0 bridgehead atoms. The number of hydrogen-bond donors (Lipinski definition) is 3. The summed E-state index contributed by atoms with van der Waals surface area (Å²) in [5.41, 5.74) is 6.93. The Bertz CT molecular complexity index is 1120. The third-order valence-corrected chi connectivity index (χ3v) is 7.63. The first-order valence-electron chi connectivity index (χ1n) is 13.3. The molecule has 3 N–H and O–H groups in total. The van der Waals surface area contributed by atoms with Gasteiger partial charge < -0.3 is 10.3 Å². The first-order chi connectivity index (χ1) is 16.3. The van der Waals surface area contributed by atoms with Gasteiger partial charge in [0.2, 0.25) is 5.91 Å². The van der Waals surface area contributed by atoms with Crippen molar-refractivity contribution in [3.63, 3.8) is 0 Å². The van der Waals surface area contributed by atoms with Crippen LogP contribution in [-0.4, -0.2) is 21.1 Å². The number of benzene rings is 1. The number of nitrogens with zero attached hydrogens (tertiary/aromatic N) is 1. The van der Waals surface area contributed by atoms with E-state index in [2.05, 4.69) is 73.3 Å². The molecular weight excluding hydrogens is 420 g/mol. The monoisotopic (exact) mass is 462 g/mol. The van der Waals surface area contributed by atoms with Crippen LogP contribution in [0.1, 0.15) is 90.8 Å². The van der Waals surface area contributed by atoms with Gasteiger partial charge in [-0.25, -0.2) is 0 Å². The van der Waals surface area contributed by atoms with E-state index >= 15 is 0 Å². The highest BCUT2D eigenvalue weighted by Crippen LogP contribution is 2.38. The summed E-state index contributed by atoms with van der Waals surface area (Å²) in [6.45, 7) is 11.3. The summed E-state index contributed by atoms with van der Waals surface area (Å²) in [6.07, 6.45) is 9.76. The quantitative estimate of drug-likeness (QED) is 0.289. The molecule has 34 heavy (non-hydrogen) atoms. The summed E-state index contributed by atoms with van der Waals surface area (Å²) in [5, 5.41) is 12.3. The van der Waals surface area contributed by atoms with Gasteiger partial charge in [-0.05, 0) is 68.1 Å². The molecule has 0 radical (unpaired) electrons. The summed E-state index contributed by atoms with van der Waals surface area (Å²) < 4.78 is 0. The molecule has 1 aliphatic rings. The van der Waals surface area contributed by atoms with E-state index in [9.17, 15) is 4.79 Å². The van der Waals surface area contributed by atoms with E-state index in [1.54, 1.807) is 0 Å². The molecule has 3 aromatic rings. The summed E-state index contributed by atoms with van der Waals surface area (Å²) in [7, 11) is 0. The molecular formula is C29H42N4O. The first kappa shape index (κ1) is 24.6. The second-order valence-corrected chi connectivity index (χ2v) is 11.1. The van der Waals surface area contributed by atoms with Gasteiger partial charge in [0.15, 0.2) is 0 Å². The minimum absolute atomic E-state index is 0.0830. The van der Waals surface area contributed by atoms with Crippen molar-refractivity contribution in [1.29, 1.82) is 0 Å². The fraction of sp³-hybridized carbons (Fsp3) is 0.586. The molecule has 0 saturated heterocycles. The van der Waals surface area contributed by atoms with Gasteiger partial charge in [0.1, 0.15) is 5.69 Å². The van der Waals surface area contributed by atoms with Gasteiger partial charge in [0.25, 0.3) is 0 Å². The molecule has 5 nitrogen and oxygen atoms in total. The third-order valence-electron chi connectivity index (χ3n) is 7.63. The van der Waals surface area contributed by atoms with E-state index in [4.69, 9.17) is 0 Å². The van der Waals surface area contributed by atoms with Crippen LogP contribution in [0.3, 0.4) is 0 Å². The smallest absolute Gasteiger partial charge is 0.227 e. The summed E-state index contributed by atoms with van der Waals surface area (Å²) in [6, 6.07) is 8.36. The SMILES string of the molecule is CCCC(CCC)C(CCC)C(=O)Nc1ccc2cc(-c3n[nH]c4c3CCC(C)(C)C4)[nH]c2c1. The lowest BCUT2D eigenvalue weighted by Gasteiger charge is -2.28. The number of aromatic amines is 2. The zero-order valence-electron chi connectivity index (χ0n) is 21.7. The maximum atomic E-state index is 13.3. The van der Waals surface area contributed by atoms with Gasteiger partial charge in [-0.1, -0.05) is 59.9 Å². The molecule has 0 fully saturated rings. The van der Waals surface area contributed by atoms with Crippen LogP contribution in [-0.2, 0) is 17.6 Å². The number of hydrogen-bond acceptors (Lipinski definition) is 2. The van der Waals surface area contributed by atoms with Crippen LogP contribution in [0, 0.1) is 17.3 Å². The van der Waals surface area contributed by atoms with Gasteiger partial charge in [-0.15, -0.1) is 0 Å². The van der Waals surface area contributed by atoms with E-state index in [-0.39, 0.29) is 11.8 Å². The molecule has 4 rings (SSSR count). The average Bonchev–Trinajstić information content (AvgIpc) is 3.39. The first-order valence-corrected chi connectivity index (χ1v) is 13.3. The Morgan fingerprint density at radius 3 is 2.53 bits per heavy atom. The standard InChI is InChI=1S/C29H42N4O/c1-6-9-19(10-7-2)22(11-8-3)28(34)30-21-13-12-20-16-25(31-24(20)17-21)27-23-14-15-29(4,5)18-26(23)32-33-27/h12-13,16-17,19,22,31H,6-11,14-15,18H2,1-5H3,(H,30,34)(H,32,33). The number of aromatic nitrogens is 3. The van der Waals surface area contributed by atoms with Crippen LogP contribution in [0.4, 0.5) is 5.69 Å². The van der Waals surface area contributed by atoms with E-state index in [0.29, 0.717) is 11.3 Å². The normalized spacial score (nSPS) is 16.1. The lowest BCUT2D eigenvalue weighted by molar-refractivity contribution is -0.122. The molecule has 1 unspecified atom stereocenters. The largest absolute Gasteiger partial charge is 0.353 e. The number of fused-ring (bicyclic) bond motifs is 2. The molecule has 0 aliphatic heterocycles. The Balaban J connectivity index is 1.54. The Kier molecular flexibility index (Phi) is 7.49. The van der Waals surface area contributed by atoms with Gasteiger partial charge in [-0.2, -0.15) is 5.10 Å². The van der Waals surface area contributed by atoms with Crippen molar-refractivity contribution in [3.05, 3.63) is 35.5 Å². The summed E-state index contributed by atoms with van der Waals surface area (Å²) in [4.78, 5) is 16.9. The van der Waals surface area contributed by atoms with E-state index in [1.807, 2.05) is 6.07 Å². The number of rotatable bonds is 10. The van der Waals surface area contributed by atoms with Gasteiger partial charge in [0, 0.05) is 33.8 Å².